The number of hydrogen-bond donors (Lipinski definition) is 0. The van der Waals surface area contributed by atoms with Crippen LogP contribution >= 0.6 is 0 Å². The van der Waals surface area contributed by atoms with Crippen LogP contribution in [0.15, 0.2) is 62.6 Å². The van der Waals surface area contributed by atoms with Gasteiger partial charge in [-0.25, -0.2) is 32.1 Å². The lowest BCUT2D eigenvalue weighted by Gasteiger charge is -2.40. The van der Waals surface area contributed by atoms with Crippen molar-refractivity contribution in [2.24, 2.45) is 4.99 Å². The van der Waals surface area contributed by atoms with Crippen LogP contribution in [0.25, 0.3) is 0 Å². The summed E-state index contributed by atoms with van der Waals surface area (Å²) in [6, 6.07) is 4.67. The maximum absolute atomic E-state index is 14.4. The van der Waals surface area contributed by atoms with Crippen molar-refractivity contribution in [3.8, 4) is 0 Å². The lowest BCUT2D eigenvalue weighted by atomic mass is 9.69. The number of rotatable bonds is 7. The lowest BCUT2D eigenvalue weighted by Crippen LogP contribution is -2.55. The van der Waals surface area contributed by atoms with Crippen LogP contribution in [0.2, 0.25) is 0 Å². The summed E-state index contributed by atoms with van der Waals surface area (Å²) in [6.45, 7) is 6.94. The maximum atomic E-state index is 14.4. The standard InChI is InChI=1S/C27H28N4O9S/c1-7-12-30-17-11-9-8-10-16(17)27-13-18(23(32)37-4)31(41(35,36)21-14(2)29-40-15(21)3)26(27)28-20(25(34)39-6)19(22(27)30)24(33)38-5/h7-11,18,22H,1,12-13H2,2-6H3/t18-,22-,27-/m0/s1. The SMILES string of the molecule is C=CCN1c2ccccc2[C@]23C[C@@H](C(=O)OC)N(S(=O)(=O)c4c(C)noc4C)C2=NC(C(=O)OC)=C(C(=O)OC)[C@H]13. The molecule has 0 unspecified atom stereocenters. The number of carbonyl (C=O) groups is 3. The number of sulfonamides is 1. The van der Waals surface area contributed by atoms with Crippen molar-refractivity contribution < 1.29 is 41.5 Å². The molecule has 0 saturated carbocycles. The Morgan fingerprint density at radius 1 is 1.12 bits per heavy atom. The van der Waals surface area contributed by atoms with Crippen molar-refractivity contribution in [1.82, 2.24) is 9.46 Å². The molecule has 3 atom stereocenters. The van der Waals surface area contributed by atoms with Crippen molar-refractivity contribution in [3.05, 3.63) is 65.2 Å². The number of hydrogen-bond acceptors (Lipinski definition) is 12. The molecule has 5 rings (SSSR count). The Morgan fingerprint density at radius 3 is 2.39 bits per heavy atom. The third-order valence-corrected chi connectivity index (χ3v) is 9.74. The smallest absolute Gasteiger partial charge is 0.357 e. The summed E-state index contributed by atoms with van der Waals surface area (Å²) in [6.07, 6.45) is 1.45. The zero-order valence-corrected chi connectivity index (χ0v) is 23.9. The molecular formula is C27H28N4O9S. The molecule has 4 heterocycles. The van der Waals surface area contributed by atoms with Gasteiger partial charge in [0, 0.05) is 12.2 Å². The number of aliphatic imine (C=N–C) groups is 1. The predicted octanol–water partition coefficient (Wildman–Crippen LogP) is 1.55. The Labute approximate surface area is 236 Å². The van der Waals surface area contributed by atoms with Crippen molar-refractivity contribution in [2.75, 3.05) is 32.8 Å². The fourth-order valence-electron chi connectivity index (χ4n) is 6.24. The summed E-state index contributed by atoms with van der Waals surface area (Å²) in [5.74, 6) is -2.85. The lowest BCUT2D eigenvalue weighted by molar-refractivity contribution is -0.144. The number of anilines is 1. The highest BCUT2D eigenvalue weighted by Gasteiger charge is 2.69. The van der Waals surface area contributed by atoms with Crippen molar-refractivity contribution in [2.45, 2.75) is 42.7 Å². The Balaban J connectivity index is 1.93. The minimum Gasteiger partial charge on any atom is -0.467 e. The molecule has 3 aliphatic rings. The molecule has 0 radical (unpaired) electrons. The largest absolute Gasteiger partial charge is 0.467 e. The molecule has 216 valence electrons. The number of esters is 3. The van der Waals surface area contributed by atoms with Crippen LogP contribution in [0.4, 0.5) is 5.69 Å². The number of amidine groups is 1. The first-order chi connectivity index (χ1) is 19.5. The highest BCUT2D eigenvalue weighted by molar-refractivity contribution is 7.89. The Hall–Kier alpha value is -4.46. The third-order valence-electron chi connectivity index (χ3n) is 7.69. The van der Waals surface area contributed by atoms with Crippen molar-refractivity contribution >= 4 is 39.5 Å². The van der Waals surface area contributed by atoms with Gasteiger partial charge < -0.3 is 23.6 Å². The van der Waals surface area contributed by atoms with E-state index in [-0.39, 0.29) is 40.7 Å². The van der Waals surface area contributed by atoms with Crippen LogP contribution < -0.4 is 4.90 Å². The molecular weight excluding hydrogens is 556 g/mol. The zero-order valence-electron chi connectivity index (χ0n) is 23.0. The Kier molecular flexibility index (Phi) is 6.76. The normalized spacial score (nSPS) is 22.9. The predicted molar refractivity (Wildman–Crippen MR) is 143 cm³/mol. The first kappa shape index (κ1) is 28.1. The summed E-state index contributed by atoms with van der Waals surface area (Å²) in [4.78, 5) is 46.0. The summed E-state index contributed by atoms with van der Waals surface area (Å²) in [5, 5.41) is 3.79. The minimum absolute atomic E-state index is 0.000820. The summed E-state index contributed by atoms with van der Waals surface area (Å²) < 4.78 is 50.0. The second-order valence-corrected chi connectivity index (χ2v) is 11.5. The molecule has 0 amide bonds. The monoisotopic (exact) mass is 584 g/mol. The summed E-state index contributed by atoms with van der Waals surface area (Å²) >= 11 is 0. The van der Waals surface area contributed by atoms with Gasteiger partial charge in [0.15, 0.2) is 16.4 Å². The van der Waals surface area contributed by atoms with Crippen LogP contribution in [0, 0.1) is 13.8 Å². The molecule has 1 spiro atoms. The van der Waals surface area contributed by atoms with E-state index >= 15 is 0 Å². The molecule has 0 bridgehead atoms. The average Bonchev–Trinajstić information content (AvgIpc) is 3.59. The number of aromatic nitrogens is 1. The molecule has 13 nitrogen and oxygen atoms in total. The van der Waals surface area contributed by atoms with E-state index in [4.69, 9.17) is 18.7 Å². The number of fused-ring (bicyclic) bond motifs is 1. The van der Waals surface area contributed by atoms with Gasteiger partial charge in [0.1, 0.15) is 17.6 Å². The number of para-hydroxylation sites is 1. The first-order valence-corrected chi connectivity index (χ1v) is 14.0. The van der Waals surface area contributed by atoms with Crippen LogP contribution in [-0.4, -0.2) is 81.6 Å². The number of benzene rings is 1. The van der Waals surface area contributed by atoms with Gasteiger partial charge in [0.25, 0.3) is 10.0 Å². The molecule has 3 aliphatic heterocycles. The molecule has 0 N–H and O–H groups in total. The van der Waals surface area contributed by atoms with Gasteiger partial charge in [0.05, 0.1) is 38.4 Å². The highest BCUT2D eigenvalue weighted by Crippen LogP contribution is 2.58. The number of carbonyl (C=O) groups excluding carboxylic acids is 3. The van der Waals surface area contributed by atoms with Crippen LogP contribution in [0.3, 0.4) is 0 Å². The number of nitrogens with zero attached hydrogens (tertiary/aromatic N) is 4. The molecule has 1 fully saturated rings. The van der Waals surface area contributed by atoms with Crippen LogP contribution in [-0.2, 0) is 44.0 Å². The molecule has 41 heavy (non-hydrogen) atoms. The third kappa shape index (κ3) is 3.73. The van der Waals surface area contributed by atoms with E-state index < -0.39 is 51.1 Å². The Morgan fingerprint density at radius 2 is 1.80 bits per heavy atom. The van der Waals surface area contributed by atoms with Gasteiger partial charge in [-0.15, -0.1) is 6.58 Å². The summed E-state index contributed by atoms with van der Waals surface area (Å²) in [7, 11) is -1.17. The molecule has 1 aromatic heterocycles. The molecule has 0 aliphatic carbocycles. The van der Waals surface area contributed by atoms with E-state index in [9.17, 15) is 22.8 Å². The van der Waals surface area contributed by atoms with Gasteiger partial charge in [-0.1, -0.05) is 29.4 Å². The first-order valence-electron chi connectivity index (χ1n) is 12.5. The molecule has 14 heteroatoms. The topological polar surface area (TPSA) is 158 Å². The molecule has 1 aromatic carbocycles. The van der Waals surface area contributed by atoms with Gasteiger partial charge in [-0.2, -0.15) is 0 Å². The van der Waals surface area contributed by atoms with Crippen molar-refractivity contribution in [1.29, 1.82) is 0 Å². The van der Waals surface area contributed by atoms with E-state index in [1.54, 1.807) is 30.3 Å². The second kappa shape index (κ2) is 9.87. The fraction of sp³-hybridized carbons (Fsp3) is 0.370. The summed E-state index contributed by atoms with van der Waals surface area (Å²) in [5.41, 5.74) is -0.688. The number of aryl methyl sites for hydroxylation is 2. The molecule has 2 aromatic rings. The zero-order chi connectivity index (χ0) is 29.9. The number of methoxy groups -OCH3 is 3. The highest BCUT2D eigenvalue weighted by atomic mass is 32.2. The van der Waals surface area contributed by atoms with Gasteiger partial charge in [-0.05, 0) is 31.9 Å². The van der Waals surface area contributed by atoms with Gasteiger partial charge >= 0.3 is 17.9 Å². The van der Waals surface area contributed by atoms with Gasteiger partial charge in [-0.3, -0.25) is 0 Å². The second-order valence-electron chi connectivity index (χ2n) is 9.71. The van der Waals surface area contributed by atoms with E-state index in [0.29, 0.717) is 11.3 Å². The average molecular weight is 585 g/mol. The van der Waals surface area contributed by atoms with E-state index in [1.165, 1.54) is 13.8 Å². The Bertz CT molecular complexity index is 1640. The van der Waals surface area contributed by atoms with E-state index in [1.807, 2.05) is 4.90 Å². The maximum Gasteiger partial charge on any atom is 0.357 e. The van der Waals surface area contributed by atoms with E-state index in [2.05, 4.69) is 16.7 Å². The van der Waals surface area contributed by atoms with E-state index in [0.717, 1.165) is 25.6 Å². The fourth-order valence-corrected chi connectivity index (χ4v) is 8.17. The van der Waals surface area contributed by atoms with Crippen molar-refractivity contribution in [3.63, 3.8) is 0 Å². The molecule has 1 saturated heterocycles. The minimum atomic E-state index is -4.59. The van der Waals surface area contributed by atoms with Gasteiger partial charge in [0.2, 0.25) is 0 Å². The quantitative estimate of drug-likeness (QED) is 0.264. The van der Waals surface area contributed by atoms with Crippen LogP contribution in [0.1, 0.15) is 23.4 Å². The number of ether oxygens (including phenoxy) is 3. The van der Waals surface area contributed by atoms with Crippen LogP contribution in [0.5, 0.6) is 0 Å².